The summed E-state index contributed by atoms with van der Waals surface area (Å²) in [4.78, 5) is 16.1. The van der Waals surface area contributed by atoms with Crippen molar-refractivity contribution in [1.82, 2.24) is 4.90 Å². The van der Waals surface area contributed by atoms with Gasteiger partial charge in [-0.3, -0.25) is 4.79 Å². The lowest BCUT2D eigenvalue weighted by atomic mass is 9.87. The average molecular weight is 438 g/mol. The molecule has 0 fully saturated rings. The van der Waals surface area contributed by atoms with Crippen molar-refractivity contribution in [2.24, 2.45) is 0 Å². The van der Waals surface area contributed by atoms with Crippen LogP contribution >= 0.6 is 11.8 Å². The highest BCUT2D eigenvalue weighted by Gasteiger charge is 2.33. The third kappa shape index (κ3) is 4.54. The number of benzene rings is 3. The van der Waals surface area contributed by atoms with E-state index < -0.39 is 0 Å². The number of fused-ring (bicyclic) bond motifs is 1. The maximum absolute atomic E-state index is 13.3. The van der Waals surface area contributed by atoms with Gasteiger partial charge in [0.1, 0.15) is 5.82 Å². The van der Waals surface area contributed by atoms with E-state index in [4.69, 9.17) is 9.47 Å². The molecule has 1 amide bonds. The molecule has 1 heterocycles. The van der Waals surface area contributed by atoms with Gasteiger partial charge in [-0.05, 0) is 59.5 Å². The van der Waals surface area contributed by atoms with Crippen LogP contribution in [0.4, 0.5) is 4.39 Å². The molecule has 0 aliphatic carbocycles. The molecule has 160 valence electrons. The van der Waals surface area contributed by atoms with Gasteiger partial charge in [0, 0.05) is 11.4 Å². The van der Waals surface area contributed by atoms with E-state index in [1.165, 1.54) is 23.9 Å². The minimum Gasteiger partial charge on any atom is -0.493 e. The molecule has 4 nitrogen and oxygen atoms in total. The Morgan fingerprint density at radius 1 is 1.03 bits per heavy atom. The minimum atomic E-state index is -0.281. The summed E-state index contributed by atoms with van der Waals surface area (Å²) in [5.74, 6) is 1.40. The lowest BCUT2D eigenvalue weighted by Crippen LogP contribution is -2.41. The zero-order valence-corrected chi connectivity index (χ0v) is 18.3. The van der Waals surface area contributed by atoms with Crippen molar-refractivity contribution in [3.8, 4) is 11.5 Å². The van der Waals surface area contributed by atoms with Gasteiger partial charge >= 0.3 is 0 Å². The summed E-state index contributed by atoms with van der Waals surface area (Å²) in [5, 5.41) is 0. The second-order valence-electron chi connectivity index (χ2n) is 7.30. The second-order valence-corrected chi connectivity index (χ2v) is 8.35. The largest absolute Gasteiger partial charge is 0.493 e. The van der Waals surface area contributed by atoms with E-state index in [1.54, 1.807) is 26.4 Å². The molecule has 0 saturated heterocycles. The second kappa shape index (κ2) is 9.43. The van der Waals surface area contributed by atoms with E-state index >= 15 is 0 Å². The first-order valence-corrected chi connectivity index (χ1v) is 11.1. The lowest BCUT2D eigenvalue weighted by molar-refractivity contribution is -0.130. The fourth-order valence-electron chi connectivity index (χ4n) is 3.97. The summed E-state index contributed by atoms with van der Waals surface area (Å²) in [7, 11) is 3.25. The summed E-state index contributed by atoms with van der Waals surface area (Å²) < 4.78 is 24.2. The highest BCUT2D eigenvalue weighted by Crippen LogP contribution is 2.41. The quantitative estimate of drug-likeness (QED) is 0.503. The van der Waals surface area contributed by atoms with E-state index in [-0.39, 0.29) is 23.5 Å². The first kappa shape index (κ1) is 21.2. The fraction of sp³-hybridized carbons (Fsp3) is 0.240. The number of ether oxygens (including phenoxy) is 2. The minimum absolute atomic E-state index is 0.0450. The Hall–Kier alpha value is -2.99. The zero-order valence-electron chi connectivity index (χ0n) is 17.5. The van der Waals surface area contributed by atoms with Crippen LogP contribution in [0.3, 0.4) is 0 Å². The highest BCUT2D eigenvalue weighted by molar-refractivity contribution is 8.00. The summed E-state index contributed by atoms with van der Waals surface area (Å²) >= 11 is 1.42. The van der Waals surface area contributed by atoms with Crippen LogP contribution in [0.25, 0.3) is 0 Å². The highest BCUT2D eigenvalue weighted by atomic mass is 32.2. The Kier molecular flexibility index (Phi) is 6.47. The number of methoxy groups -OCH3 is 2. The van der Waals surface area contributed by atoms with Gasteiger partial charge in [-0.25, -0.2) is 4.39 Å². The van der Waals surface area contributed by atoms with Crippen LogP contribution in [0.5, 0.6) is 11.5 Å². The Labute approximate surface area is 186 Å². The Bertz CT molecular complexity index is 1060. The maximum atomic E-state index is 13.3. The third-order valence-electron chi connectivity index (χ3n) is 5.49. The van der Waals surface area contributed by atoms with Crippen LogP contribution in [-0.4, -0.2) is 37.3 Å². The molecule has 1 atom stereocenters. The molecule has 31 heavy (non-hydrogen) atoms. The summed E-state index contributed by atoms with van der Waals surface area (Å²) in [6, 6.07) is 20.1. The van der Waals surface area contributed by atoms with Crippen molar-refractivity contribution in [1.29, 1.82) is 0 Å². The predicted octanol–water partition coefficient (Wildman–Crippen LogP) is 5.11. The van der Waals surface area contributed by atoms with E-state index in [9.17, 15) is 9.18 Å². The number of rotatable bonds is 6. The van der Waals surface area contributed by atoms with Gasteiger partial charge in [0.2, 0.25) is 5.91 Å². The lowest BCUT2D eigenvalue weighted by Gasteiger charge is -2.38. The molecule has 0 aromatic heterocycles. The molecular formula is C25H24FNO3S. The van der Waals surface area contributed by atoms with Gasteiger partial charge in [-0.1, -0.05) is 30.3 Å². The van der Waals surface area contributed by atoms with Gasteiger partial charge in [-0.2, -0.15) is 0 Å². The fourth-order valence-corrected chi connectivity index (χ4v) is 4.75. The number of thioether (sulfide) groups is 1. The molecule has 0 radical (unpaired) electrons. The molecule has 6 heteroatoms. The van der Waals surface area contributed by atoms with Crippen molar-refractivity contribution in [2.45, 2.75) is 17.4 Å². The number of hydrogen-bond donors (Lipinski definition) is 0. The van der Waals surface area contributed by atoms with Crippen molar-refractivity contribution in [3.05, 3.63) is 89.2 Å². The number of carbonyl (C=O) groups is 1. The van der Waals surface area contributed by atoms with Crippen molar-refractivity contribution in [2.75, 3.05) is 26.5 Å². The number of amides is 1. The van der Waals surface area contributed by atoms with Crippen molar-refractivity contribution < 1.29 is 18.7 Å². The number of nitrogens with zero attached hydrogens (tertiary/aromatic N) is 1. The number of carbonyl (C=O) groups excluding carboxylic acids is 1. The maximum Gasteiger partial charge on any atom is 0.233 e. The predicted molar refractivity (Wildman–Crippen MR) is 120 cm³/mol. The monoisotopic (exact) mass is 437 g/mol. The molecule has 3 aromatic carbocycles. The summed E-state index contributed by atoms with van der Waals surface area (Å²) in [6.07, 6.45) is 0.742. The molecule has 1 aliphatic heterocycles. The van der Waals surface area contributed by atoms with Gasteiger partial charge < -0.3 is 14.4 Å². The van der Waals surface area contributed by atoms with Crippen LogP contribution in [0.2, 0.25) is 0 Å². The van der Waals surface area contributed by atoms with Crippen molar-refractivity contribution >= 4 is 17.7 Å². The van der Waals surface area contributed by atoms with E-state index in [0.717, 1.165) is 28.0 Å². The number of hydrogen-bond acceptors (Lipinski definition) is 4. The Morgan fingerprint density at radius 2 is 1.71 bits per heavy atom. The smallest absolute Gasteiger partial charge is 0.233 e. The molecule has 4 rings (SSSR count). The van der Waals surface area contributed by atoms with E-state index in [2.05, 4.69) is 0 Å². The molecule has 0 spiro atoms. The number of halogens is 1. The van der Waals surface area contributed by atoms with Gasteiger partial charge in [0.05, 0.1) is 26.0 Å². The Morgan fingerprint density at radius 3 is 2.39 bits per heavy atom. The molecule has 1 aliphatic rings. The summed E-state index contributed by atoms with van der Waals surface area (Å²) in [6.45, 7) is 0.616. The van der Waals surface area contributed by atoms with Crippen molar-refractivity contribution in [3.63, 3.8) is 0 Å². The summed E-state index contributed by atoms with van der Waals surface area (Å²) in [5.41, 5.74) is 3.26. The van der Waals surface area contributed by atoms with Crippen LogP contribution in [-0.2, 0) is 11.2 Å². The topological polar surface area (TPSA) is 38.8 Å². The van der Waals surface area contributed by atoms with E-state index in [1.807, 2.05) is 47.4 Å². The standard InChI is InChI=1S/C25H24FNO3S/c1-29-22-14-18-12-13-27(24(28)16-31-20-10-8-19(26)9-11-20)25(17-6-4-3-5-7-17)21(18)15-23(22)30-2/h3-11,14-15,25H,12-13,16H2,1-2H3. The van der Waals surface area contributed by atoms with Gasteiger partial charge in [0.15, 0.2) is 11.5 Å². The van der Waals surface area contributed by atoms with Crippen LogP contribution < -0.4 is 9.47 Å². The molecule has 3 aromatic rings. The normalized spacial score (nSPS) is 15.3. The third-order valence-corrected chi connectivity index (χ3v) is 6.48. The molecule has 0 bridgehead atoms. The molecule has 1 unspecified atom stereocenters. The van der Waals surface area contributed by atoms with Crippen LogP contribution in [0, 0.1) is 5.82 Å². The van der Waals surface area contributed by atoms with Gasteiger partial charge in [-0.15, -0.1) is 11.8 Å². The first-order valence-electron chi connectivity index (χ1n) is 10.1. The Balaban J connectivity index is 1.66. The van der Waals surface area contributed by atoms with Crippen LogP contribution in [0.15, 0.2) is 71.6 Å². The zero-order chi connectivity index (χ0) is 21.8. The SMILES string of the molecule is COc1cc2c(cc1OC)C(c1ccccc1)N(C(=O)CSc1ccc(F)cc1)CC2. The van der Waals surface area contributed by atoms with Gasteiger partial charge in [0.25, 0.3) is 0 Å². The molecule has 0 N–H and O–H groups in total. The van der Waals surface area contributed by atoms with E-state index in [0.29, 0.717) is 18.0 Å². The molecular weight excluding hydrogens is 413 g/mol. The first-order chi connectivity index (χ1) is 15.1. The van der Waals surface area contributed by atoms with Crippen LogP contribution in [0.1, 0.15) is 22.7 Å². The average Bonchev–Trinajstić information content (AvgIpc) is 2.82. The molecule has 0 saturated carbocycles.